The molecule has 3 heteroatoms. The van der Waals surface area contributed by atoms with Crippen LogP contribution < -0.4 is 0 Å². The summed E-state index contributed by atoms with van der Waals surface area (Å²) in [5.41, 5.74) is 0. The molecule has 1 heterocycles. The average molecular weight is 252 g/mol. The monoisotopic (exact) mass is 251 g/mol. The molecule has 1 aliphatic rings. The Hall–Kier alpha value is 0.660. The van der Waals surface area contributed by atoms with Crippen LogP contribution >= 0.6 is 21.1 Å². The van der Waals surface area contributed by atoms with Crippen molar-refractivity contribution in [1.29, 1.82) is 0 Å². The van der Waals surface area contributed by atoms with Gasteiger partial charge in [0.2, 0.25) is 0 Å². The molecule has 15 heavy (non-hydrogen) atoms. The molecular formula is C12H29NS2. The van der Waals surface area contributed by atoms with Gasteiger partial charge < -0.3 is 0 Å². The third-order valence-electron chi connectivity index (χ3n) is 3.33. The lowest BCUT2D eigenvalue weighted by molar-refractivity contribution is 0.389. The van der Waals surface area contributed by atoms with E-state index < -0.39 is 0 Å². The summed E-state index contributed by atoms with van der Waals surface area (Å²) in [5, 5.41) is 0. The number of hydrogen-bond acceptors (Lipinski definition) is 1. The van der Waals surface area contributed by atoms with Crippen LogP contribution in [-0.4, -0.2) is 52.9 Å². The maximum Gasteiger partial charge on any atom is 0.0160 e. The fraction of sp³-hybridized carbons (Fsp3) is 1.00. The molecule has 1 saturated heterocycles. The molecule has 94 valence electrons. The molecule has 0 aromatic rings. The van der Waals surface area contributed by atoms with Crippen molar-refractivity contribution in [1.82, 2.24) is 4.31 Å². The Morgan fingerprint density at radius 2 is 1.60 bits per heavy atom. The van der Waals surface area contributed by atoms with E-state index in [0.29, 0.717) is 0 Å². The van der Waals surface area contributed by atoms with Gasteiger partial charge in [0.1, 0.15) is 0 Å². The van der Waals surface area contributed by atoms with Crippen LogP contribution in [0.25, 0.3) is 0 Å². The lowest BCUT2D eigenvalue weighted by atomic mass is 10.2. The van der Waals surface area contributed by atoms with Gasteiger partial charge in [-0.2, -0.15) is 0 Å². The van der Waals surface area contributed by atoms with Crippen LogP contribution in [0.15, 0.2) is 0 Å². The Morgan fingerprint density at radius 1 is 1.13 bits per heavy atom. The van der Waals surface area contributed by atoms with Gasteiger partial charge in [-0.25, -0.2) is 21.1 Å². The van der Waals surface area contributed by atoms with Gasteiger partial charge in [-0.05, 0) is 63.2 Å². The van der Waals surface area contributed by atoms with Crippen molar-refractivity contribution in [2.45, 2.75) is 38.8 Å². The Balaban J connectivity index is 2.42. The molecule has 0 aromatic carbocycles. The third kappa shape index (κ3) is 4.20. The van der Waals surface area contributed by atoms with Crippen LogP contribution in [0.3, 0.4) is 0 Å². The SMILES string of the molecule is CC1CCC(C)N1[SH](C)CCS(C)(C)C. The molecule has 0 radical (unpaired) electrons. The van der Waals surface area contributed by atoms with E-state index in [1.165, 1.54) is 24.3 Å². The molecule has 0 saturated carbocycles. The quantitative estimate of drug-likeness (QED) is 0.752. The van der Waals surface area contributed by atoms with Gasteiger partial charge in [0.25, 0.3) is 0 Å². The Kier molecular flexibility index (Phi) is 4.87. The number of thiol groups is 1. The highest BCUT2D eigenvalue weighted by molar-refractivity contribution is 8.32. The zero-order chi connectivity index (χ0) is 11.6. The van der Waals surface area contributed by atoms with Gasteiger partial charge in [-0.1, -0.05) is 0 Å². The molecule has 3 unspecified atom stereocenters. The summed E-state index contributed by atoms with van der Waals surface area (Å²) in [4.78, 5) is 0. The normalized spacial score (nSPS) is 33.1. The summed E-state index contributed by atoms with van der Waals surface area (Å²) < 4.78 is 2.81. The molecule has 3 atom stereocenters. The summed E-state index contributed by atoms with van der Waals surface area (Å²) in [6.45, 7) is 4.82. The van der Waals surface area contributed by atoms with Crippen molar-refractivity contribution in [3.05, 3.63) is 0 Å². The van der Waals surface area contributed by atoms with Crippen molar-refractivity contribution in [3.8, 4) is 0 Å². The molecule has 1 rings (SSSR count). The van der Waals surface area contributed by atoms with Gasteiger partial charge in [-0.3, -0.25) is 4.31 Å². The minimum Gasteiger partial charge on any atom is -0.265 e. The molecule has 0 aromatic heterocycles. The standard InChI is InChI=1S/C12H29NS2/c1-11-7-8-12(2)13(11)14(3)9-10-15(4,5)6/h11-12,14H,7-10H2,1-6H3. The Labute approximate surface area is 101 Å². The first-order valence-electron chi connectivity index (χ1n) is 5.96. The van der Waals surface area contributed by atoms with Gasteiger partial charge in [-0.15, -0.1) is 0 Å². The van der Waals surface area contributed by atoms with Gasteiger partial charge >= 0.3 is 0 Å². The van der Waals surface area contributed by atoms with E-state index in [9.17, 15) is 0 Å². The second-order valence-corrected chi connectivity index (χ2v) is 12.6. The van der Waals surface area contributed by atoms with Gasteiger partial charge in [0, 0.05) is 12.1 Å². The van der Waals surface area contributed by atoms with E-state index in [1.54, 1.807) is 0 Å². The van der Waals surface area contributed by atoms with E-state index in [4.69, 9.17) is 0 Å². The van der Waals surface area contributed by atoms with E-state index >= 15 is 0 Å². The predicted molar refractivity (Wildman–Crippen MR) is 80.0 cm³/mol. The Morgan fingerprint density at radius 3 is 2.00 bits per heavy atom. The van der Waals surface area contributed by atoms with Crippen molar-refractivity contribution in [3.63, 3.8) is 0 Å². The van der Waals surface area contributed by atoms with Crippen molar-refractivity contribution in [2.24, 2.45) is 0 Å². The molecule has 1 nitrogen and oxygen atoms in total. The maximum absolute atomic E-state index is 2.81. The summed E-state index contributed by atoms with van der Waals surface area (Å²) in [6, 6.07) is 1.68. The van der Waals surface area contributed by atoms with Crippen LogP contribution in [0, 0.1) is 0 Å². The number of hydrogen-bond donors (Lipinski definition) is 1. The van der Waals surface area contributed by atoms with E-state index in [2.05, 4.69) is 43.2 Å². The molecule has 0 spiro atoms. The summed E-state index contributed by atoms with van der Waals surface area (Å²) in [6.07, 6.45) is 12.6. The van der Waals surface area contributed by atoms with E-state index in [-0.39, 0.29) is 21.1 Å². The largest absolute Gasteiger partial charge is 0.265 e. The molecule has 0 aliphatic carbocycles. The van der Waals surface area contributed by atoms with Crippen LogP contribution in [0.5, 0.6) is 0 Å². The predicted octanol–water partition coefficient (Wildman–Crippen LogP) is 3.10. The van der Waals surface area contributed by atoms with Crippen molar-refractivity contribution < 1.29 is 0 Å². The van der Waals surface area contributed by atoms with E-state index in [0.717, 1.165) is 12.1 Å². The lowest BCUT2D eigenvalue weighted by Gasteiger charge is -2.38. The van der Waals surface area contributed by atoms with Crippen LogP contribution in [0.2, 0.25) is 0 Å². The minimum absolute atomic E-state index is 0.129. The van der Waals surface area contributed by atoms with Crippen LogP contribution in [0.4, 0.5) is 0 Å². The zero-order valence-corrected chi connectivity index (χ0v) is 13.0. The van der Waals surface area contributed by atoms with Crippen LogP contribution in [-0.2, 0) is 0 Å². The Bertz CT molecular complexity index is 190. The lowest BCUT2D eigenvalue weighted by Crippen LogP contribution is -2.31. The molecule has 1 aliphatic heterocycles. The summed E-state index contributed by atoms with van der Waals surface area (Å²) in [5.74, 6) is 2.90. The fourth-order valence-electron chi connectivity index (χ4n) is 2.38. The third-order valence-corrected chi connectivity index (χ3v) is 7.51. The fourth-order valence-corrected chi connectivity index (χ4v) is 7.43. The van der Waals surface area contributed by atoms with Crippen molar-refractivity contribution in [2.75, 3.05) is 36.5 Å². The number of rotatable bonds is 4. The highest BCUT2D eigenvalue weighted by Crippen LogP contribution is 2.42. The van der Waals surface area contributed by atoms with Gasteiger partial charge in [0.15, 0.2) is 0 Å². The molecule has 0 amide bonds. The van der Waals surface area contributed by atoms with Crippen LogP contribution in [0.1, 0.15) is 26.7 Å². The smallest absolute Gasteiger partial charge is 0.0160 e. The first kappa shape index (κ1) is 13.7. The summed E-state index contributed by atoms with van der Waals surface area (Å²) in [7, 11) is -0.294. The first-order valence-corrected chi connectivity index (χ1v) is 10.9. The highest BCUT2D eigenvalue weighted by Gasteiger charge is 2.29. The second kappa shape index (κ2) is 5.33. The molecule has 0 N–H and O–H groups in total. The van der Waals surface area contributed by atoms with Crippen molar-refractivity contribution >= 4 is 21.1 Å². The van der Waals surface area contributed by atoms with Gasteiger partial charge in [0.05, 0.1) is 0 Å². The average Bonchev–Trinajstić information content (AvgIpc) is 2.41. The van der Waals surface area contributed by atoms with E-state index in [1.807, 2.05) is 0 Å². The first-order chi connectivity index (χ1) is 6.81. The highest BCUT2D eigenvalue weighted by atomic mass is 32.3. The molecule has 0 bridgehead atoms. The second-order valence-electron chi connectivity index (χ2n) is 5.83. The zero-order valence-electron chi connectivity index (χ0n) is 11.3. The molecular weight excluding hydrogens is 222 g/mol. The topological polar surface area (TPSA) is 3.24 Å². The minimum atomic E-state index is -0.294. The molecule has 1 fully saturated rings. The maximum atomic E-state index is 2.81. The number of nitrogens with zero attached hydrogens (tertiary/aromatic N) is 1. The summed E-state index contributed by atoms with van der Waals surface area (Å²) >= 11 is 0.129.